The summed E-state index contributed by atoms with van der Waals surface area (Å²) < 4.78 is 7.06. The van der Waals surface area contributed by atoms with Crippen LogP contribution in [0.25, 0.3) is 0 Å². The summed E-state index contributed by atoms with van der Waals surface area (Å²) in [5.74, 6) is -0.176. The molecule has 0 amide bonds. The second-order valence-corrected chi connectivity index (χ2v) is 4.55. The van der Waals surface area contributed by atoms with Crippen molar-refractivity contribution in [3.8, 4) is 0 Å². The lowest BCUT2D eigenvalue weighted by molar-refractivity contribution is -0.146. The van der Waals surface area contributed by atoms with E-state index in [1.54, 1.807) is 0 Å². The van der Waals surface area contributed by atoms with Gasteiger partial charge in [-0.15, -0.1) is 0 Å². The van der Waals surface area contributed by atoms with Gasteiger partial charge in [0.15, 0.2) is 0 Å². The van der Waals surface area contributed by atoms with E-state index in [0.29, 0.717) is 6.61 Å². The smallest absolute Gasteiger partial charge is 0.328 e. The molecule has 4 heteroatoms. The fourth-order valence-corrected chi connectivity index (χ4v) is 2.49. The van der Waals surface area contributed by atoms with Gasteiger partial charge in [0.25, 0.3) is 0 Å². The normalized spacial score (nSPS) is 20.8. The van der Waals surface area contributed by atoms with Crippen molar-refractivity contribution < 1.29 is 9.53 Å². The lowest BCUT2D eigenvalue weighted by atomic mass is 9.93. The van der Waals surface area contributed by atoms with Gasteiger partial charge in [-0.3, -0.25) is 0 Å². The molecular formula is C13H20N2O2. The number of nitrogens with two attached hydrogens (primary N) is 1. The van der Waals surface area contributed by atoms with Crippen molar-refractivity contribution in [2.24, 2.45) is 5.73 Å². The number of rotatable bonds is 3. The molecule has 4 nitrogen and oxygen atoms in total. The summed E-state index contributed by atoms with van der Waals surface area (Å²) in [5, 5.41) is 0. The molecule has 2 unspecified atom stereocenters. The van der Waals surface area contributed by atoms with E-state index in [-0.39, 0.29) is 18.1 Å². The van der Waals surface area contributed by atoms with Crippen LogP contribution >= 0.6 is 0 Å². The van der Waals surface area contributed by atoms with Crippen LogP contribution in [0, 0.1) is 0 Å². The van der Waals surface area contributed by atoms with Crippen molar-refractivity contribution in [3.05, 3.63) is 23.5 Å². The van der Waals surface area contributed by atoms with Gasteiger partial charge in [0.2, 0.25) is 0 Å². The molecule has 1 aliphatic rings. The monoisotopic (exact) mass is 236 g/mol. The minimum absolute atomic E-state index is 0.120. The number of carbonyl (C=O) groups excluding carboxylic acids is 1. The minimum atomic E-state index is -0.260. The Morgan fingerprint density at radius 3 is 3.18 bits per heavy atom. The Morgan fingerprint density at radius 2 is 2.47 bits per heavy atom. The lowest BCUT2D eigenvalue weighted by Gasteiger charge is -2.23. The zero-order valence-electron chi connectivity index (χ0n) is 10.5. The summed E-state index contributed by atoms with van der Waals surface area (Å²) in [4.78, 5) is 11.7. The van der Waals surface area contributed by atoms with Gasteiger partial charge in [-0.05, 0) is 44.7 Å². The zero-order valence-corrected chi connectivity index (χ0v) is 10.5. The molecule has 0 spiro atoms. The fraction of sp³-hybridized carbons (Fsp3) is 0.615. The van der Waals surface area contributed by atoms with Crippen LogP contribution in [0.1, 0.15) is 50.0 Å². The van der Waals surface area contributed by atoms with E-state index in [1.807, 2.05) is 30.7 Å². The fourth-order valence-electron chi connectivity index (χ4n) is 2.49. The van der Waals surface area contributed by atoms with Crippen molar-refractivity contribution in [2.45, 2.75) is 45.2 Å². The Kier molecular flexibility index (Phi) is 3.52. The van der Waals surface area contributed by atoms with E-state index in [0.717, 1.165) is 19.3 Å². The van der Waals surface area contributed by atoms with E-state index >= 15 is 0 Å². The van der Waals surface area contributed by atoms with Crippen LogP contribution in [-0.2, 0) is 16.0 Å². The third kappa shape index (κ3) is 2.22. The van der Waals surface area contributed by atoms with Gasteiger partial charge >= 0.3 is 5.97 Å². The number of hydrogen-bond acceptors (Lipinski definition) is 3. The largest absolute Gasteiger partial charge is 0.464 e. The molecule has 1 aromatic rings. The molecule has 0 saturated heterocycles. The van der Waals surface area contributed by atoms with Crippen molar-refractivity contribution in [3.63, 3.8) is 0 Å². The molecular weight excluding hydrogens is 216 g/mol. The number of ether oxygens (including phenoxy) is 1. The van der Waals surface area contributed by atoms with Gasteiger partial charge in [0, 0.05) is 17.9 Å². The highest BCUT2D eigenvalue weighted by atomic mass is 16.5. The van der Waals surface area contributed by atoms with Gasteiger partial charge in [-0.1, -0.05) is 0 Å². The summed E-state index contributed by atoms with van der Waals surface area (Å²) in [6, 6.07) is 1.90. The van der Waals surface area contributed by atoms with Crippen molar-refractivity contribution in [2.75, 3.05) is 6.61 Å². The number of fused-ring (bicyclic) bond motifs is 1. The van der Waals surface area contributed by atoms with E-state index < -0.39 is 0 Å². The molecule has 0 saturated carbocycles. The Morgan fingerprint density at radius 1 is 1.71 bits per heavy atom. The molecule has 1 heterocycles. The summed E-state index contributed by atoms with van der Waals surface area (Å²) in [6.07, 6.45) is 5.08. The van der Waals surface area contributed by atoms with E-state index in [4.69, 9.17) is 10.5 Å². The van der Waals surface area contributed by atoms with Crippen molar-refractivity contribution in [1.29, 1.82) is 0 Å². The van der Waals surface area contributed by atoms with Crippen molar-refractivity contribution in [1.82, 2.24) is 4.57 Å². The lowest BCUT2D eigenvalue weighted by Crippen LogP contribution is -2.23. The minimum Gasteiger partial charge on any atom is -0.464 e. The predicted molar refractivity (Wildman–Crippen MR) is 65.6 cm³/mol. The first-order chi connectivity index (χ1) is 8.15. The Balaban J connectivity index is 2.25. The SMILES string of the molecule is CCOC(=O)C(C)n1ccc2c1CCCC2N. The molecule has 2 N–H and O–H groups in total. The number of hydrogen-bond donors (Lipinski definition) is 1. The Hall–Kier alpha value is -1.29. The molecule has 0 bridgehead atoms. The average molecular weight is 236 g/mol. The third-order valence-electron chi connectivity index (χ3n) is 3.43. The van der Waals surface area contributed by atoms with Crippen molar-refractivity contribution >= 4 is 5.97 Å². The average Bonchev–Trinajstić information content (AvgIpc) is 2.73. The van der Waals surface area contributed by atoms with Crippen LogP contribution < -0.4 is 5.73 Å². The molecule has 0 aromatic carbocycles. The van der Waals surface area contributed by atoms with E-state index in [2.05, 4.69) is 0 Å². The first-order valence-electron chi connectivity index (χ1n) is 6.27. The van der Waals surface area contributed by atoms with Crippen LogP contribution in [0.4, 0.5) is 0 Å². The molecule has 94 valence electrons. The van der Waals surface area contributed by atoms with Gasteiger partial charge in [-0.2, -0.15) is 0 Å². The quantitative estimate of drug-likeness (QED) is 0.816. The van der Waals surface area contributed by atoms with Gasteiger partial charge < -0.3 is 15.0 Å². The molecule has 0 aliphatic heterocycles. The maximum absolute atomic E-state index is 11.7. The standard InChI is InChI=1S/C13H20N2O2/c1-3-17-13(16)9(2)15-8-7-10-11(14)5-4-6-12(10)15/h7-9,11H,3-6,14H2,1-2H3. The number of esters is 1. The van der Waals surface area contributed by atoms with Crippen LogP contribution in [0.5, 0.6) is 0 Å². The first-order valence-corrected chi connectivity index (χ1v) is 6.27. The van der Waals surface area contributed by atoms with Gasteiger partial charge in [-0.25, -0.2) is 4.79 Å². The summed E-state index contributed by atoms with van der Waals surface area (Å²) in [6.45, 7) is 4.12. The highest BCUT2D eigenvalue weighted by Crippen LogP contribution is 2.30. The van der Waals surface area contributed by atoms with Crippen LogP contribution in [-0.4, -0.2) is 17.1 Å². The van der Waals surface area contributed by atoms with E-state index in [1.165, 1.54) is 11.3 Å². The second-order valence-electron chi connectivity index (χ2n) is 4.55. The predicted octanol–water partition coefficient (Wildman–Crippen LogP) is 1.95. The number of aromatic nitrogens is 1. The maximum atomic E-state index is 11.7. The van der Waals surface area contributed by atoms with Crippen LogP contribution in [0.15, 0.2) is 12.3 Å². The number of nitrogens with zero attached hydrogens (tertiary/aromatic N) is 1. The topological polar surface area (TPSA) is 57.2 Å². The Bertz CT molecular complexity index is 412. The van der Waals surface area contributed by atoms with Gasteiger partial charge in [0.1, 0.15) is 6.04 Å². The van der Waals surface area contributed by atoms with E-state index in [9.17, 15) is 4.79 Å². The first kappa shape index (κ1) is 12.2. The summed E-state index contributed by atoms with van der Waals surface area (Å²) in [7, 11) is 0. The molecule has 0 fully saturated rings. The zero-order chi connectivity index (χ0) is 12.4. The van der Waals surface area contributed by atoms with Crippen LogP contribution in [0.3, 0.4) is 0 Å². The second kappa shape index (κ2) is 4.92. The third-order valence-corrected chi connectivity index (χ3v) is 3.43. The molecule has 1 aromatic heterocycles. The highest BCUT2D eigenvalue weighted by Gasteiger charge is 2.24. The molecule has 2 atom stereocenters. The highest BCUT2D eigenvalue weighted by molar-refractivity contribution is 5.74. The molecule has 2 rings (SSSR count). The molecule has 1 aliphatic carbocycles. The van der Waals surface area contributed by atoms with Gasteiger partial charge in [0.05, 0.1) is 6.61 Å². The maximum Gasteiger partial charge on any atom is 0.328 e. The molecule has 0 radical (unpaired) electrons. The summed E-state index contributed by atoms with van der Waals surface area (Å²) in [5.41, 5.74) is 8.45. The Labute approximate surface area is 102 Å². The summed E-state index contributed by atoms with van der Waals surface area (Å²) >= 11 is 0. The van der Waals surface area contributed by atoms with Crippen LogP contribution in [0.2, 0.25) is 0 Å². The number of carbonyl (C=O) groups is 1. The molecule has 17 heavy (non-hydrogen) atoms.